The molecule has 0 bridgehead atoms. The van der Waals surface area contributed by atoms with Gasteiger partial charge in [-0.3, -0.25) is 0 Å². The molecule has 8 aromatic carbocycles. The van der Waals surface area contributed by atoms with E-state index in [2.05, 4.69) is 100 Å². The number of para-hydroxylation sites is 2. The van der Waals surface area contributed by atoms with Crippen LogP contribution in [0.4, 0.5) is 0 Å². The zero-order chi connectivity index (χ0) is 39.3. The van der Waals surface area contributed by atoms with Crippen molar-refractivity contribution in [1.29, 1.82) is 21.0 Å². The van der Waals surface area contributed by atoms with Crippen molar-refractivity contribution in [2.75, 3.05) is 0 Å². The van der Waals surface area contributed by atoms with Crippen LogP contribution in [0.25, 0.3) is 88.4 Å². The van der Waals surface area contributed by atoms with Gasteiger partial charge in [-0.2, -0.15) is 21.0 Å². The third-order valence-electron chi connectivity index (χ3n) is 11.1. The molecule has 266 valence electrons. The Labute approximate surface area is 333 Å². The lowest BCUT2D eigenvalue weighted by Crippen LogP contribution is -2.05. The van der Waals surface area contributed by atoms with Gasteiger partial charge in [-0.25, -0.2) is 0 Å². The van der Waals surface area contributed by atoms with Gasteiger partial charge in [0.15, 0.2) is 0 Å². The van der Waals surface area contributed by atoms with Gasteiger partial charge in [-0.15, -0.1) is 0 Å². The molecule has 0 aliphatic heterocycles. The highest BCUT2D eigenvalue weighted by atomic mass is 15.1. The summed E-state index contributed by atoms with van der Waals surface area (Å²) in [5.41, 5.74) is 12.4. The van der Waals surface area contributed by atoms with Crippen molar-refractivity contribution >= 4 is 43.6 Å². The van der Waals surface area contributed by atoms with Gasteiger partial charge < -0.3 is 9.13 Å². The van der Waals surface area contributed by atoms with E-state index in [0.29, 0.717) is 27.8 Å². The van der Waals surface area contributed by atoms with Crippen LogP contribution in [0.5, 0.6) is 0 Å². The van der Waals surface area contributed by atoms with Crippen molar-refractivity contribution < 1.29 is 0 Å². The van der Waals surface area contributed by atoms with Gasteiger partial charge in [0.25, 0.3) is 0 Å². The third kappa shape index (κ3) is 5.23. The predicted molar refractivity (Wildman–Crippen MR) is 230 cm³/mol. The summed E-state index contributed by atoms with van der Waals surface area (Å²) in [4.78, 5) is 0. The average Bonchev–Trinajstić information content (AvgIpc) is 3.80. The summed E-state index contributed by atoms with van der Waals surface area (Å²) in [6, 6.07) is 65.3. The van der Waals surface area contributed by atoms with Gasteiger partial charge in [0.05, 0.1) is 80.0 Å². The first-order chi connectivity index (χ1) is 28.6. The predicted octanol–water partition coefficient (Wildman–Crippen LogP) is 12.4. The van der Waals surface area contributed by atoms with Crippen molar-refractivity contribution in [2.24, 2.45) is 0 Å². The highest BCUT2D eigenvalue weighted by molar-refractivity contribution is 6.13. The Morgan fingerprint density at radius 3 is 1.31 bits per heavy atom. The molecule has 0 N–H and O–H groups in total. The van der Waals surface area contributed by atoms with Crippen molar-refractivity contribution in [3.8, 4) is 69.0 Å². The lowest BCUT2D eigenvalue weighted by atomic mass is 9.96. The second-order valence-corrected chi connectivity index (χ2v) is 14.2. The lowest BCUT2D eigenvalue weighted by Gasteiger charge is -2.20. The summed E-state index contributed by atoms with van der Waals surface area (Å²) >= 11 is 0. The SMILES string of the molecule is N#Cc1cccc(-c2cc(-n3c4ccccc4c4ccc(-c5ccccc5C#N)cc43)c(-n3c4ccccc4c4ccc(-c5ccccc5C#N)cc43)cc2C#N)c1. The maximum atomic E-state index is 10.9. The largest absolute Gasteiger partial charge is 0.307 e. The fraction of sp³-hybridized carbons (Fsp3) is 0. The molecule has 0 radical (unpaired) electrons. The second kappa shape index (κ2) is 13.6. The molecule has 0 fully saturated rings. The van der Waals surface area contributed by atoms with E-state index in [9.17, 15) is 21.0 Å². The second-order valence-electron chi connectivity index (χ2n) is 14.2. The molecule has 6 nitrogen and oxygen atoms in total. The molecule has 10 aromatic rings. The van der Waals surface area contributed by atoms with Crippen LogP contribution < -0.4 is 0 Å². The molecule has 10 rings (SSSR count). The Hall–Kier alpha value is -8.68. The third-order valence-corrected chi connectivity index (χ3v) is 11.1. The molecule has 0 saturated heterocycles. The highest BCUT2D eigenvalue weighted by Crippen LogP contribution is 2.43. The molecule has 0 amide bonds. The maximum absolute atomic E-state index is 10.9. The molecule has 0 saturated carbocycles. The quantitative estimate of drug-likeness (QED) is 0.175. The number of hydrogen-bond donors (Lipinski definition) is 0. The van der Waals surface area contributed by atoms with E-state index in [0.717, 1.165) is 82.8 Å². The number of hydrogen-bond acceptors (Lipinski definition) is 4. The standard InChI is InChI=1S/C52H28N6/c53-29-33-10-9-13-34(24-33)46-28-52(58-48-19-8-6-17-43(48)45-23-21-36(26-50(45)58)41-15-4-2-12-38(41)31-55)51(27-39(46)32-56)57-47-18-7-5-16-42(47)44-22-20-35(25-49(44)57)40-14-3-1-11-37(40)30-54/h1-28H. The lowest BCUT2D eigenvalue weighted by molar-refractivity contribution is 1.09. The van der Waals surface area contributed by atoms with Gasteiger partial charge in [-0.05, 0) is 88.5 Å². The molecule has 6 heteroatoms. The van der Waals surface area contributed by atoms with Gasteiger partial charge in [0.2, 0.25) is 0 Å². The zero-order valence-electron chi connectivity index (χ0n) is 30.8. The van der Waals surface area contributed by atoms with Crippen LogP contribution in [0, 0.1) is 45.3 Å². The number of rotatable bonds is 5. The zero-order valence-corrected chi connectivity index (χ0v) is 30.8. The van der Waals surface area contributed by atoms with Gasteiger partial charge in [-0.1, -0.05) is 109 Å². The summed E-state index contributed by atoms with van der Waals surface area (Å²) in [6.07, 6.45) is 0. The highest BCUT2D eigenvalue weighted by Gasteiger charge is 2.23. The molecule has 2 heterocycles. The van der Waals surface area contributed by atoms with Gasteiger partial charge in [0.1, 0.15) is 0 Å². The molecule has 0 spiro atoms. The summed E-state index contributed by atoms with van der Waals surface area (Å²) in [6.45, 7) is 0. The number of benzene rings is 8. The fourth-order valence-electron chi connectivity index (χ4n) is 8.48. The van der Waals surface area contributed by atoms with E-state index in [1.54, 1.807) is 6.07 Å². The first-order valence-electron chi connectivity index (χ1n) is 18.7. The fourth-order valence-corrected chi connectivity index (χ4v) is 8.48. The molecule has 0 unspecified atom stereocenters. The summed E-state index contributed by atoms with van der Waals surface area (Å²) in [7, 11) is 0. The van der Waals surface area contributed by atoms with Gasteiger partial charge in [0, 0.05) is 27.1 Å². The van der Waals surface area contributed by atoms with Gasteiger partial charge >= 0.3 is 0 Å². The van der Waals surface area contributed by atoms with E-state index in [1.165, 1.54) is 0 Å². The topological polar surface area (TPSA) is 105 Å². The molecular weight excluding hydrogens is 709 g/mol. The number of nitrogens with zero attached hydrogens (tertiary/aromatic N) is 6. The Bertz CT molecular complexity index is 3520. The van der Waals surface area contributed by atoms with E-state index >= 15 is 0 Å². The number of fused-ring (bicyclic) bond motifs is 6. The molecule has 2 aromatic heterocycles. The van der Waals surface area contributed by atoms with Crippen molar-refractivity contribution in [3.63, 3.8) is 0 Å². The summed E-state index contributed by atoms with van der Waals surface area (Å²) in [5, 5.41) is 45.1. The van der Waals surface area contributed by atoms with Crippen molar-refractivity contribution in [1.82, 2.24) is 9.13 Å². The first-order valence-corrected chi connectivity index (χ1v) is 18.7. The van der Waals surface area contributed by atoms with Crippen molar-refractivity contribution in [3.05, 3.63) is 192 Å². The van der Waals surface area contributed by atoms with E-state index in [1.807, 2.05) is 97.1 Å². The van der Waals surface area contributed by atoms with Crippen LogP contribution in [0.2, 0.25) is 0 Å². The minimum atomic E-state index is 0.454. The number of nitriles is 4. The average molecular weight is 737 g/mol. The molecular formula is C52H28N6. The van der Waals surface area contributed by atoms with E-state index in [-0.39, 0.29) is 0 Å². The Morgan fingerprint density at radius 2 is 0.776 bits per heavy atom. The van der Waals surface area contributed by atoms with E-state index in [4.69, 9.17) is 0 Å². The molecule has 0 aliphatic carbocycles. The first kappa shape index (κ1) is 33.9. The minimum absolute atomic E-state index is 0.454. The maximum Gasteiger partial charge on any atom is 0.0998 e. The van der Waals surface area contributed by atoms with Crippen LogP contribution >= 0.6 is 0 Å². The molecule has 0 atom stereocenters. The Balaban J connectivity index is 1.37. The Morgan fingerprint density at radius 1 is 0.310 bits per heavy atom. The molecule has 0 aliphatic rings. The monoisotopic (exact) mass is 736 g/mol. The normalized spacial score (nSPS) is 11.0. The molecule has 58 heavy (non-hydrogen) atoms. The van der Waals surface area contributed by atoms with Crippen LogP contribution in [-0.4, -0.2) is 9.13 Å². The van der Waals surface area contributed by atoms with Crippen molar-refractivity contribution in [2.45, 2.75) is 0 Å². The number of aromatic nitrogens is 2. The van der Waals surface area contributed by atoms with Crippen LogP contribution in [0.15, 0.2) is 170 Å². The van der Waals surface area contributed by atoms with E-state index < -0.39 is 0 Å². The minimum Gasteiger partial charge on any atom is -0.307 e. The smallest absolute Gasteiger partial charge is 0.0998 e. The van der Waals surface area contributed by atoms with Crippen LogP contribution in [0.1, 0.15) is 22.3 Å². The summed E-state index contributed by atoms with van der Waals surface area (Å²) < 4.78 is 4.48. The Kier molecular flexibility index (Phi) is 7.92. The summed E-state index contributed by atoms with van der Waals surface area (Å²) in [5.74, 6) is 0. The van der Waals surface area contributed by atoms with Crippen LogP contribution in [0.3, 0.4) is 0 Å². The van der Waals surface area contributed by atoms with Crippen LogP contribution in [-0.2, 0) is 0 Å².